The molecule has 0 atom stereocenters. The first-order chi connectivity index (χ1) is 10.3. The lowest BCUT2D eigenvalue weighted by Gasteiger charge is -2.22. The molecule has 1 aromatic heterocycles. The van der Waals surface area contributed by atoms with Crippen molar-refractivity contribution in [3.8, 4) is 0 Å². The van der Waals surface area contributed by atoms with Crippen LogP contribution in [0.15, 0.2) is 30.3 Å². The fourth-order valence-corrected chi connectivity index (χ4v) is 2.85. The maximum Gasteiger partial charge on any atom is 0.224 e. The zero-order valence-electron chi connectivity index (χ0n) is 12.8. The predicted molar refractivity (Wildman–Crippen MR) is 87.0 cm³/mol. The molecule has 110 valence electrons. The number of rotatable bonds is 3. The standard InChI is InChI=1S/C17H22N4/c1-3-18-17-19-13(2)12-16(20-17)21-10-8-14-6-4-5-7-15(14)9-11-21/h4-7,12H,3,8-11H2,1-2H3,(H,18,19,20). The predicted octanol–water partition coefficient (Wildman–Crippen LogP) is 2.82. The van der Waals surface area contributed by atoms with Gasteiger partial charge in [-0.3, -0.25) is 0 Å². The number of anilines is 2. The molecule has 4 nitrogen and oxygen atoms in total. The summed E-state index contributed by atoms with van der Waals surface area (Å²) >= 11 is 0. The van der Waals surface area contributed by atoms with Gasteiger partial charge in [-0.2, -0.15) is 4.98 Å². The van der Waals surface area contributed by atoms with Gasteiger partial charge in [0.25, 0.3) is 0 Å². The lowest BCUT2D eigenvalue weighted by atomic mass is 10.0. The molecule has 1 aliphatic rings. The Kier molecular flexibility index (Phi) is 4.04. The van der Waals surface area contributed by atoms with Crippen LogP contribution in [0.4, 0.5) is 11.8 Å². The van der Waals surface area contributed by atoms with E-state index in [2.05, 4.69) is 57.4 Å². The highest BCUT2D eigenvalue weighted by molar-refractivity contribution is 5.46. The summed E-state index contributed by atoms with van der Waals surface area (Å²) in [5.41, 5.74) is 3.95. The van der Waals surface area contributed by atoms with Crippen LogP contribution in [0, 0.1) is 6.92 Å². The van der Waals surface area contributed by atoms with E-state index in [9.17, 15) is 0 Å². The van der Waals surface area contributed by atoms with Crippen LogP contribution in [0.3, 0.4) is 0 Å². The summed E-state index contributed by atoms with van der Waals surface area (Å²) in [6.45, 7) is 6.96. The molecule has 0 amide bonds. The summed E-state index contributed by atoms with van der Waals surface area (Å²) < 4.78 is 0. The number of hydrogen-bond acceptors (Lipinski definition) is 4. The largest absolute Gasteiger partial charge is 0.356 e. The van der Waals surface area contributed by atoms with Gasteiger partial charge in [-0.25, -0.2) is 4.98 Å². The average Bonchev–Trinajstić information content (AvgIpc) is 2.69. The quantitative estimate of drug-likeness (QED) is 0.940. The van der Waals surface area contributed by atoms with E-state index in [1.807, 2.05) is 6.92 Å². The zero-order chi connectivity index (χ0) is 14.7. The van der Waals surface area contributed by atoms with Crippen molar-refractivity contribution >= 4 is 11.8 Å². The summed E-state index contributed by atoms with van der Waals surface area (Å²) in [6, 6.07) is 10.8. The first-order valence-corrected chi connectivity index (χ1v) is 7.67. The first-order valence-electron chi connectivity index (χ1n) is 7.67. The smallest absolute Gasteiger partial charge is 0.224 e. The van der Waals surface area contributed by atoms with E-state index < -0.39 is 0 Å². The molecule has 0 radical (unpaired) electrons. The Morgan fingerprint density at radius 3 is 2.38 bits per heavy atom. The van der Waals surface area contributed by atoms with Crippen LogP contribution < -0.4 is 10.2 Å². The third-order valence-corrected chi connectivity index (χ3v) is 3.92. The van der Waals surface area contributed by atoms with E-state index in [4.69, 9.17) is 0 Å². The molecule has 2 aromatic rings. The summed E-state index contributed by atoms with van der Waals surface area (Å²) in [4.78, 5) is 11.5. The van der Waals surface area contributed by atoms with E-state index >= 15 is 0 Å². The minimum atomic E-state index is 0.731. The van der Waals surface area contributed by atoms with Crippen LogP contribution >= 0.6 is 0 Å². The molecule has 0 fully saturated rings. The van der Waals surface area contributed by atoms with Gasteiger partial charge in [0, 0.05) is 31.4 Å². The minimum absolute atomic E-state index is 0.731. The monoisotopic (exact) mass is 282 g/mol. The van der Waals surface area contributed by atoms with Crippen molar-refractivity contribution in [2.75, 3.05) is 29.9 Å². The van der Waals surface area contributed by atoms with Crippen molar-refractivity contribution in [1.29, 1.82) is 0 Å². The maximum absolute atomic E-state index is 4.66. The van der Waals surface area contributed by atoms with Crippen LogP contribution in [0.2, 0.25) is 0 Å². The van der Waals surface area contributed by atoms with Gasteiger partial charge < -0.3 is 10.2 Å². The van der Waals surface area contributed by atoms with Crippen LogP contribution in [0.25, 0.3) is 0 Å². The molecule has 0 bridgehead atoms. The summed E-state index contributed by atoms with van der Waals surface area (Å²) in [6.07, 6.45) is 2.16. The summed E-state index contributed by atoms with van der Waals surface area (Å²) in [5, 5.41) is 3.21. The van der Waals surface area contributed by atoms with E-state index in [0.29, 0.717) is 0 Å². The van der Waals surface area contributed by atoms with Gasteiger partial charge in [0.15, 0.2) is 0 Å². The van der Waals surface area contributed by atoms with Crippen LogP contribution in [-0.2, 0) is 12.8 Å². The molecular formula is C17H22N4. The van der Waals surface area contributed by atoms with Gasteiger partial charge in [-0.05, 0) is 37.8 Å². The highest BCUT2D eigenvalue weighted by Gasteiger charge is 2.15. The lowest BCUT2D eigenvalue weighted by Crippen LogP contribution is -2.27. The third kappa shape index (κ3) is 3.15. The van der Waals surface area contributed by atoms with Crippen molar-refractivity contribution in [2.24, 2.45) is 0 Å². The second-order valence-electron chi connectivity index (χ2n) is 5.48. The number of fused-ring (bicyclic) bond motifs is 1. The molecule has 1 aliphatic heterocycles. The van der Waals surface area contributed by atoms with Crippen molar-refractivity contribution in [1.82, 2.24) is 9.97 Å². The van der Waals surface area contributed by atoms with Gasteiger partial charge >= 0.3 is 0 Å². The molecule has 1 aromatic carbocycles. The summed E-state index contributed by atoms with van der Waals surface area (Å²) in [5.74, 6) is 1.76. The normalized spacial score (nSPS) is 14.5. The van der Waals surface area contributed by atoms with E-state index in [1.165, 1.54) is 11.1 Å². The van der Waals surface area contributed by atoms with Gasteiger partial charge in [0.05, 0.1) is 0 Å². The molecule has 2 heterocycles. The SMILES string of the molecule is CCNc1nc(C)cc(N2CCc3ccccc3CC2)n1. The molecule has 0 saturated carbocycles. The van der Waals surface area contributed by atoms with Gasteiger partial charge in [-0.1, -0.05) is 24.3 Å². The number of nitrogens with one attached hydrogen (secondary N) is 1. The molecular weight excluding hydrogens is 260 g/mol. The van der Waals surface area contributed by atoms with Crippen LogP contribution in [-0.4, -0.2) is 29.6 Å². The van der Waals surface area contributed by atoms with Crippen LogP contribution in [0.1, 0.15) is 23.7 Å². The van der Waals surface area contributed by atoms with E-state index in [0.717, 1.165) is 49.9 Å². The molecule has 0 unspecified atom stereocenters. The molecule has 0 saturated heterocycles. The second-order valence-corrected chi connectivity index (χ2v) is 5.48. The van der Waals surface area contributed by atoms with Gasteiger partial charge in [-0.15, -0.1) is 0 Å². The Bertz CT molecular complexity index is 597. The van der Waals surface area contributed by atoms with Crippen molar-refractivity contribution in [2.45, 2.75) is 26.7 Å². The fourth-order valence-electron chi connectivity index (χ4n) is 2.85. The third-order valence-electron chi connectivity index (χ3n) is 3.92. The Morgan fingerprint density at radius 1 is 1.10 bits per heavy atom. The first kappa shape index (κ1) is 13.9. The molecule has 3 rings (SSSR count). The maximum atomic E-state index is 4.66. The Morgan fingerprint density at radius 2 is 1.76 bits per heavy atom. The Labute approximate surface area is 126 Å². The van der Waals surface area contributed by atoms with Crippen molar-refractivity contribution in [3.63, 3.8) is 0 Å². The average molecular weight is 282 g/mol. The number of nitrogens with zero attached hydrogens (tertiary/aromatic N) is 3. The Hall–Kier alpha value is -2.10. The minimum Gasteiger partial charge on any atom is -0.356 e. The molecule has 0 spiro atoms. The zero-order valence-corrected chi connectivity index (χ0v) is 12.8. The fraction of sp³-hybridized carbons (Fsp3) is 0.412. The van der Waals surface area contributed by atoms with E-state index in [-0.39, 0.29) is 0 Å². The highest BCUT2D eigenvalue weighted by Crippen LogP contribution is 2.21. The number of aromatic nitrogens is 2. The Balaban J connectivity index is 1.82. The molecule has 21 heavy (non-hydrogen) atoms. The number of aryl methyl sites for hydroxylation is 1. The molecule has 0 aliphatic carbocycles. The lowest BCUT2D eigenvalue weighted by molar-refractivity contribution is 0.786. The van der Waals surface area contributed by atoms with Gasteiger partial charge in [0.1, 0.15) is 5.82 Å². The van der Waals surface area contributed by atoms with Gasteiger partial charge in [0.2, 0.25) is 5.95 Å². The molecule has 1 N–H and O–H groups in total. The molecule has 4 heteroatoms. The van der Waals surface area contributed by atoms with Crippen molar-refractivity contribution in [3.05, 3.63) is 47.2 Å². The number of hydrogen-bond donors (Lipinski definition) is 1. The number of benzene rings is 1. The van der Waals surface area contributed by atoms with E-state index in [1.54, 1.807) is 0 Å². The second kappa shape index (κ2) is 6.12. The van der Waals surface area contributed by atoms with Crippen molar-refractivity contribution < 1.29 is 0 Å². The highest BCUT2D eigenvalue weighted by atomic mass is 15.2. The van der Waals surface area contributed by atoms with Crippen LogP contribution in [0.5, 0.6) is 0 Å². The summed E-state index contributed by atoms with van der Waals surface area (Å²) in [7, 11) is 0. The topological polar surface area (TPSA) is 41.1 Å².